The molecule has 0 saturated carbocycles. The molecule has 2 N–H and O–H groups in total. The fraction of sp³-hybridized carbons (Fsp3) is 0.429. The van der Waals surface area contributed by atoms with E-state index in [1.807, 2.05) is 30.3 Å². The Morgan fingerprint density at radius 2 is 1.97 bits per heavy atom. The average Bonchev–Trinajstić information content (AvgIpc) is 3.29. The molecule has 3 aliphatic heterocycles. The zero-order valence-corrected chi connectivity index (χ0v) is 17.6. The van der Waals surface area contributed by atoms with Gasteiger partial charge in [-0.05, 0) is 19.8 Å². The van der Waals surface area contributed by atoms with Crippen molar-refractivity contribution in [2.45, 2.75) is 42.0 Å². The Labute approximate surface area is 182 Å². The Hall–Kier alpha value is -2.85. The largest absolute Gasteiger partial charge is 0.480 e. The van der Waals surface area contributed by atoms with Crippen molar-refractivity contribution in [3.8, 4) is 11.3 Å². The normalized spacial score (nSPS) is 26.4. The molecule has 1 aromatic heterocycles. The van der Waals surface area contributed by atoms with E-state index in [0.29, 0.717) is 37.5 Å². The number of carbonyl (C=O) groups excluding carboxylic acids is 2. The number of hydrogen-bond donors (Lipinski definition) is 2. The molecule has 0 radical (unpaired) electrons. The van der Waals surface area contributed by atoms with Crippen LogP contribution >= 0.6 is 11.8 Å². The van der Waals surface area contributed by atoms with Crippen molar-refractivity contribution in [3.05, 3.63) is 41.7 Å². The predicted molar refractivity (Wildman–Crippen MR) is 110 cm³/mol. The van der Waals surface area contributed by atoms with Crippen molar-refractivity contribution in [2.24, 2.45) is 0 Å². The fourth-order valence-corrected chi connectivity index (χ4v) is 6.56. The van der Waals surface area contributed by atoms with Crippen LogP contribution in [0.25, 0.3) is 11.3 Å². The number of carbonyl (C=O) groups is 3. The number of benzene rings is 1. The number of ether oxygens (including phenoxy) is 1. The SMILES string of the molecule is Cc1onc(-c2ccccc2)c1C(=O)NC1C(=O)N2C(C(=O)O)C3(CCOCC3)S[C@@H]12. The number of nitrogens with one attached hydrogen (secondary N) is 1. The summed E-state index contributed by atoms with van der Waals surface area (Å²) in [4.78, 5) is 39.4. The minimum absolute atomic E-state index is 0.274. The average molecular weight is 443 g/mol. The van der Waals surface area contributed by atoms with Crippen LogP contribution < -0.4 is 5.32 Å². The molecule has 1 aromatic carbocycles. The quantitative estimate of drug-likeness (QED) is 0.685. The summed E-state index contributed by atoms with van der Waals surface area (Å²) in [5, 5.41) is 16.2. The lowest BCUT2D eigenvalue weighted by atomic mass is 9.87. The summed E-state index contributed by atoms with van der Waals surface area (Å²) >= 11 is 1.47. The summed E-state index contributed by atoms with van der Waals surface area (Å²) in [6, 6.07) is 7.47. The summed E-state index contributed by atoms with van der Waals surface area (Å²) in [5.41, 5.74) is 1.41. The van der Waals surface area contributed by atoms with Gasteiger partial charge in [-0.3, -0.25) is 9.59 Å². The third-order valence-electron chi connectivity index (χ3n) is 6.21. The van der Waals surface area contributed by atoms with Crippen LogP contribution in [0.3, 0.4) is 0 Å². The van der Waals surface area contributed by atoms with E-state index in [-0.39, 0.29) is 11.5 Å². The monoisotopic (exact) mass is 443 g/mol. The maximum absolute atomic E-state index is 13.1. The van der Waals surface area contributed by atoms with Crippen LogP contribution in [0, 0.1) is 6.92 Å². The number of hydrogen-bond acceptors (Lipinski definition) is 7. The van der Waals surface area contributed by atoms with Crippen molar-refractivity contribution >= 4 is 29.5 Å². The highest BCUT2D eigenvalue weighted by atomic mass is 32.2. The highest BCUT2D eigenvalue weighted by Gasteiger charge is 2.67. The molecule has 3 fully saturated rings. The van der Waals surface area contributed by atoms with Crippen LogP contribution in [0.5, 0.6) is 0 Å². The molecule has 2 amide bonds. The van der Waals surface area contributed by atoms with Crippen molar-refractivity contribution < 1.29 is 28.8 Å². The number of rotatable bonds is 4. The maximum atomic E-state index is 13.1. The zero-order chi connectivity index (χ0) is 21.8. The van der Waals surface area contributed by atoms with Crippen molar-refractivity contribution in [2.75, 3.05) is 13.2 Å². The van der Waals surface area contributed by atoms with Gasteiger partial charge in [-0.1, -0.05) is 35.5 Å². The van der Waals surface area contributed by atoms with Crippen LogP contribution in [0.15, 0.2) is 34.9 Å². The van der Waals surface area contributed by atoms with E-state index >= 15 is 0 Å². The molecule has 1 spiro atoms. The van der Waals surface area contributed by atoms with Gasteiger partial charge in [-0.15, -0.1) is 11.8 Å². The van der Waals surface area contributed by atoms with Gasteiger partial charge in [0.2, 0.25) is 5.91 Å². The Balaban J connectivity index is 1.39. The fourth-order valence-electron chi connectivity index (χ4n) is 4.68. The lowest BCUT2D eigenvalue weighted by Gasteiger charge is -2.44. The van der Waals surface area contributed by atoms with E-state index in [4.69, 9.17) is 9.26 Å². The highest BCUT2D eigenvalue weighted by Crippen LogP contribution is 2.55. The topological polar surface area (TPSA) is 122 Å². The van der Waals surface area contributed by atoms with Crippen molar-refractivity contribution in [3.63, 3.8) is 0 Å². The molecule has 3 atom stereocenters. The van der Waals surface area contributed by atoms with Gasteiger partial charge >= 0.3 is 5.97 Å². The number of aromatic nitrogens is 1. The first-order valence-electron chi connectivity index (χ1n) is 10.1. The molecule has 9 nitrogen and oxygen atoms in total. The Bertz CT molecular complexity index is 1050. The predicted octanol–water partition coefficient (Wildman–Crippen LogP) is 1.67. The van der Waals surface area contributed by atoms with Crippen LogP contribution in [0.4, 0.5) is 0 Å². The molecule has 162 valence electrons. The molecule has 2 aromatic rings. The van der Waals surface area contributed by atoms with Gasteiger partial charge in [-0.2, -0.15) is 0 Å². The number of carboxylic acid groups (broad SMARTS) is 1. The van der Waals surface area contributed by atoms with E-state index in [1.165, 1.54) is 16.7 Å². The summed E-state index contributed by atoms with van der Waals surface area (Å²) in [7, 11) is 0. The minimum atomic E-state index is -1.02. The zero-order valence-electron chi connectivity index (χ0n) is 16.7. The van der Waals surface area contributed by atoms with Gasteiger partial charge < -0.3 is 24.6 Å². The Morgan fingerprint density at radius 1 is 1.26 bits per heavy atom. The second-order valence-corrected chi connectivity index (χ2v) is 9.48. The molecule has 3 saturated heterocycles. The third-order valence-corrected chi connectivity index (χ3v) is 8.05. The lowest BCUT2D eigenvalue weighted by Crippen LogP contribution is -2.71. The smallest absolute Gasteiger partial charge is 0.327 e. The number of amides is 2. The van der Waals surface area contributed by atoms with Gasteiger partial charge in [0.1, 0.15) is 34.5 Å². The first-order chi connectivity index (χ1) is 14.9. The van der Waals surface area contributed by atoms with Crippen LogP contribution in [0.2, 0.25) is 0 Å². The number of aliphatic carboxylic acids is 1. The maximum Gasteiger partial charge on any atom is 0.327 e. The standard InChI is InChI=1S/C21H21N3O6S/c1-11-13(14(23-30-11)12-5-3-2-4-6-12)17(25)22-15-18(26)24-16(20(27)28)21(31-19(15)24)7-9-29-10-8-21/h2-6,15-16,19H,7-10H2,1H3,(H,22,25)(H,27,28)/t15?,16?,19-/m0/s1. The summed E-state index contributed by atoms with van der Waals surface area (Å²) in [6.45, 7) is 2.57. The summed E-state index contributed by atoms with van der Waals surface area (Å²) in [5.74, 6) is -1.51. The van der Waals surface area contributed by atoms with Gasteiger partial charge in [0, 0.05) is 18.8 Å². The molecular formula is C21H21N3O6S. The number of nitrogens with zero attached hydrogens (tertiary/aromatic N) is 2. The lowest BCUT2D eigenvalue weighted by molar-refractivity contribution is -0.161. The molecule has 4 heterocycles. The second kappa shape index (κ2) is 7.38. The highest BCUT2D eigenvalue weighted by molar-refractivity contribution is 8.01. The van der Waals surface area contributed by atoms with E-state index < -0.39 is 34.1 Å². The minimum Gasteiger partial charge on any atom is -0.480 e. The number of thioether (sulfide) groups is 1. The molecule has 2 unspecified atom stereocenters. The summed E-state index contributed by atoms with van der Waals surface area (Å²) < 4.78 is 10.1. The van der Waals surface area contributed by atoms with Crippen LogP contribution in [0.1, 0.15) is 29.0 Å². The van der Waals surface area contributed by atoms with E-state index in [9.17, 15) is 19.5 Å². The number of fused-ring (bicyclic) bond motifs is 1. The second-order valence-electron chi connectivity index (χ2n) is 7.95. The van der Waals surface area contributed by atoms with Crippen molar-refractivity contribution in [1.29, 1.82) is 0 Å². The first-order valence-corrected chi connectivity index (χ1v) is 10.9. The van der Waals surface area contributed by atoms with Crippen LogP contribution in [-0.4, -0.2) is 68.4 Å². The first kappa shape index (κ1) is 20.1. The number of aryl methyl sites for hydroxylation is 1. The molecular weight excluding hydrogens is 422 g/mol. The number of carboxylic acids is 1. The van der Waals surface area contributed by atoms with E-state index in [0.717, 1.165) is 5.56 Å². The third kappa shape index (κ3) is 3.04. The van der Waals surface area contributed by atoms with Gasteiger partial charge in [-0.25, -0.2) is 4.79 Å². The van der Waals surface area contributed by atoms with E-state index in [1.54, 1.807) is 6.92 Å². The molecule has 0 aliphatic carbocycles. The van der Waals surface area contributed by atoms with Crippen LogP contribution in [-0.2, 0) is 14.3 Å². The van der Waals surface area contributed by atoms with E-state index in [2.05, 4.69) is 10.5 Å². The number of β-lactam (4-membered cyclic amide) rings is 1. The summed E-state index contributed by atoms with van der Waals surface area (Å²) in [6.07, 6.45) is 1.11. The molecule has 3 aliphatic rings. The Morgan fingerprint density at radius 3 is 2.65 bits per heavy atom. The van der Waals surface area contributed by atoms with Gasteiger partial charge in [0.05, 0.1) is 4.75 Å². The Kier molecular flexibility index (Phi) is 4.78. The molecule has 31 heavy (non-hydrogen) atoms. The van der Waals surface area contributed by atoms with Gasteiger partial charge in [0.25, 0.3) is 5.91 Å². The van der Waals surface area contributed by atoms with Crippen molar-refractivity contribution in [1.82, 2.24) is 15.4 Å². The van der Waals surface area contributed by atoms with Gasteiger partial charge in [0.15, 0.2) is 0 Å². The molecule has 5 rings (SSSR count). The molecule has 10 heteroatoms. The molecule has 0 bridgehead atoms.